The van der Waals surface area contributed by atoms with Crippen molar-refractivity contribution in [2.45, 2.75) is 0 Å². The molecule has 0 aliphatic carbocycles. The van der Waals surface area contributed by atoms with Crippen molar-refractivity contribution in [1.82, 2.24) is 15.1 Å². The van der Waals surface area contributed by atoms with Gasteiger partial charge in [-0.15, -0.1) is 0 Å². The molecule has 0 saturated carbocycles. The molecule has 0 aromatic heterocycles. The Labute approximate surface area is 57.2 Å². The zero-order chi connectivity index (χ0) is 6.10. The molecule has 2 atom stereocenters. The van der Waals surface area contributed by atoms with Crippen LogP contribution in [0.25, 0.3) is 0 Å². The lowest BCUT2D eigenvalue weighted by Gasteiger charge is -2.40. The molecular weight excluding hydrogens is 133 g/mol. The van der Waals surface area contributed by atoms with Crippen LogP contribution in [-0.2, 0) is 0 Å². The summed E-state index contributed by atoms with van der Waals surface area (Å²) in [6, 6.07) is 0. The Kier molecular flexibility index (Phi) is 1.68. The topological polar surface area (TPSA) is 18.5 Å². The zero-order valence-corrected chi connectivity index (χ0v) is 6.43. The number of hydrogen-bond acceptors (Lipinski definition) is 3. The maximum absolute atomic E-state index is 3.34. The quantitative estimate of drug-likeness (QED) is 0.471. The smallest absolute Gasteiger partial charge is 0.0537 e. The van der Waals surface area contributed by atoms with Crippen molar-refractivity contribution in [3.8, 4) is 0 Å². The largest absolute Gasteiger partial charge is 0.291 e. The Morgan fingerprint density at radius 2 is 1.78 bits per heavy atom. The van der Waals surface area contributed by atoms with Crippen molar-refractivity contribution in [2.75, 3.05) is 32.6 Å². The predicted molar refractivity (Wildman–Crippen MR) is 39.5 cm³/mol. The first kappa shape index (κ1) is 6.05. The van der Waals surface area contributed by atoms with Crippen LogP contribution in [0.1, 0.15) is 0 Å². The first-order valence-electron chi connectivity index (χ1n) is 3.31. The number of rotatable bonds is 0. The Balaban J connectivity index is 1.96. The summed E-state index contributed by atoms with van der Waals surface area (Å²) < 4.78 is 0. The molecule has 2 aliphatic heterocycles. The molecule has 0 aromatic carbocycles. The second-order valence-electron chi connectivity index (χ2n) is 2.62. The van der Waals surface area contributed by atoms with Crippen LogP contribution < -0.4 is 5.32 Å². The van der Waals surface area contributed by atoms with E-state index in [0.29, 0.717) is 0 Å². The van der Waals surface area contributed by atoms with E-state index in [1.54, 1.807) is 0 Å². The SMILES string of the molecule is C1NCN2CPCN1C2. The van der Waals surface area contributed by atoms with E-state index in [9.17, 15) is 0 Å². The van der Waals surface area contributed by atoms with E-state index in [0.717, 1.165) is 21.9 Å². The normalized spacial score (nSPS) is 45.3. The highest BCUT2D eigenvalue weighted by atomic mass is 31.1. The van der Waals surface area contributed by atoms with E-state index in [4.69, 9.17) is 0 Å². The molecule has 2 fully saturated rings. The van der Waals surface area contributed by atoms with E-state index in [1.807, 2.05) is 0 Å². The molecule has 2 saturated heterocycles. The van der Waals surface area contributed by atoms with Crippen molar-refractivity contribution in [3.63, 3.8) is 0 Å². The summed E-state index contributed by atoms with van der Waals surface area (Å²) in [6.45, 7) is 3.40. The summed E-state index contributed by atoms with van der Waals surface area (Å²) in [5.41, 5.74) is 0. The second kappa shape index (κ2) is 2.51. The first-order valence-corrected chi connectivity index (χ1v) is 4.73. The maximum Gasteiger partial charge on any atom is 0.0537 e. The van der Waals surface area contributed by atoms with Gasteiger partial charge in [-0.2, -0.15) is 0 Å². The molecule has 1 N–H and O–H groups in total. The fraction of sp³-hybridized carbons (Fsp3) is 1.00. The summed E-state index contributed by atoms with van der Waals surface area (Å²) in [7, 11) is 1.13. The van der Waals surface area contributed by atoms with Gasteiger partial charge >= 0.3 is 0 Å². The molecule has 52 valence electrons. The van der Waals surface area contributed by atoms with Crippen LogP contribution in [0, 0.1) is 0 Å². The molecule has 0 radical (unpaired) electrons. The summed E-state index contributed by atoms with van der Waals surface area (Å²) in [5, 5.41) is 3.34. The fourth-order valence-electron chi connectivity index (χ4n) is 1.33. The summed E-state index contributed by atoms with van der Waals surface area (Å²) in [6.07, 6.45) is 2.62. The van der Waals surface area contributed by atoms with Crippen molar-refractivity contribution in [2.24, 2.45) is 0 Å². The highest BCUT2D eigenvalue weighted by Crippen LogP contribution is 2.20. The lowest BCUT2D eigenvalue weighted by Crippen LogP contribution is -2.54. The molecule has 9 heavy (non-hydrogen) atoms. The Bertz CT molecular complexity index is 88.4. The third-order valence-electron chi connectivity index (χ3n) is 1.74. The van der Waals surface area contributed by atoms with Gasteiger partial charge in [0.2, 0.25) is 0 Å². The number of hydrogen-bond donors (Lipinski definition) is 1. The van der Waals surface area contributed by atoms with Gasteiger partial charge < -0.3 is 0 Å². The second-order valence-corrected chi connectivity index (χ2v) is 3.75. The monoisotopic (exact) mass is 145 g/mol. The van der Waals surface area contributed by atoms with Gasteiger partial charge in [-0.1, -0.05) is 8.58 Å². The van der Waals surface area contributed by atoms with Crippen molar-refractivity contribution in [1.29, 1.82) is 0 Å². The molecule has 0 spiro atoms. The zero-order valence-electron chi connectivity index (χ0n) is 5.43. The minimum Gasteiger partial charge on any atom is -0.291 e. The van der Waals surface area contributed by atoms with Crippen LogP contribution in [0.3, 0.4) is 0 Å². The van der Waals surface area contributed by atoms with Crippen LogP contribution in [0.4, 0.5) is 0 Å². The molecule has 2 bridgehead atoms. The lowest BCUT2D eigenvalue weighted by molar-refractivity contribution is 0.0855. The minimum atomic E-state index is 1.10. The standard InChI is InChI=1S/C5H12N3P/c1-6-2-8-3-7(1)4-9-5-8/h6,9H,1-5H2. The van der Waals surface area contributed by atoms with Gasteiger partial charge in [0.1, 0.15) is 0 Å². The molecule has 2 heterocycles. The van der Waals surface area contributed by atoms with Crippen LogP contribution >= 0.6 is 8.58 Å². The average Bonchev–Trinajstić information content (AvgIpc) is 1.88. The van der Waals surface area contributed by atoms with Crippen molar-refractivity contribution >= 4 is 8.58 Å². The number of nitrogens with one attached hydrogen (secondary N) is 1. The summed E-state index contributed by atoms with van der Waals surface area (Å²) >= 11 is 0. The van der Waals surface area contributed by atoms with Crippen molar-refractivity contribution < 1.29 is 0 Å². The molecular formula is C5H12N3P. The predicted octanol–water partition coefficient (Wildman–Crippen LogP) is -0.327. The molecule has 3 nitrogen and oxygen atoms in total. The Hall–Kier alpha value is 0.310. The Morgan fingerprint density at radius 1 is 1.11 bits per heavy atom. The van der Waals surface area contributed by atoms with Gasteiger partial charge in [0.15, 0.2) is 0 Å². The van der Waals surface area contributed by atoms with E-state index >= 15 is 0 Å². The number of nitrogens with zero attached hydrogens (tertiary/aromatic N) is 2. The van der Waals surface area contributed by atoms with Gasteiger partial charge in [0.05, 0.1) is 20.0 Å². The summed E-state index contributed by atoms with van der Waals surface area (Å²) in [5.74, 6) is 0. The molecule has 2 rings (SSSR count). The third kappa shape index (κ3) is 1.24. The van der Waals surface area contributed by atoms with Gasteiger partial charge in [-0.25, -0.2) is 0 Å². The van der Waals surface area contributed by atoms with E-state index in [1.165, 1.54) is 19.2 Å². The van der Waals surface area contributed by atoms with E-state index in [-0.39, 0.29) is 0 Å². The summed E-state index contributed by atoms with van der Waals surface area (Å²) in [4.78, 5) is 4.90. The van der Waals surface area contributed by atoms with Crippen LogP contribution in [0.5, 0.6) is 0 Å². The molecule has 4 heteroatoms. The van der Waals surface area contributed by atoms with Gasteiger partial charge in [-0.05, 0) is 0 Å². The van der Waals surface area contributed by atoms with E-state index < -0.39 is 0 Å². The maximum atomic E-state index is 3.34. The van der Waals surface area contributed by atoms with Gasteiger partial charge in [0, 0.05) is 12.6 Å². The molecule has 2 aliphatic rings. The van der Waals surface area contributed by atoms with Crippen LogP contribution in [-0.4, -0.2) is 42.4 Å². The molecule has 2 unspecified atom stereocenters. The fourth-order valence-corrected chi connectivity index (χ4v) is 2.48. The van der Waals surface area contributed by atoms with Crippen LogP contribution in [0.2, 0.25) is 0 Å². The first-order chi connectivity index (χ1) is 4.45. The molecule has 0 amide bonds. The highest BCUT2D eigenvalue weighted by molar-refractivity contribution is 7.37. The van der Waals surface area contributed by atoms with Gasteiger partial charge in [-0.3, -0.25) is 15.1 Å². The van der Waals surface area contributed by atoms with Crippen molar-refractivity contribution in [3.05, 3.63) is 0 Å². The van der Waals surface area contributed by atoms with E-state index in [2.05, 4.69) is 15.1 Å². The Morgan fingerprint density at radius 3 is 2.33 bits per heavy atom. The lowest BCUT2D eigenvalue weighted by atomic mass is 10.6. The number of fused-ring (bicyclic) bond motifs is 2. The average molecular weight is 145 g/mol. The minimum absolute atomic E-state index is 1.10. The third-order valence-corrected chi connectivity index (χ3v) is 3.08. The van der Waals surface area contributed by atoms with Gasteiger partial charge in [0.25, 0.3) is 0 Å². The highest BCUT2D eigenvalue weighted by Gasteiger charge is 2.19. The molecule has 0 aromatic rings. The van der Waals surface area contributed by atoms with Crippen LogP contribution in [0.15, 0.2) is 0 Å².